The number of carbonyl (C=O) groups excluding carboxylic acids is 2. The van der Waals surface area contributed by atoms with Crippen LogP contribution < -0.4 is 4.74 Å². The minimum absolute atomic E-state index is 0.0287. The first-order valence-electron chi connectivity index (χ1n) is 8.66. The molecular weight excluding hydrogens is 368 g/mol. The van der Waals surface area contributed by atoms with Crippen molar-refractivity contribution in [3.8, 4) is 16.3 Å². The van der Waals surface area contributed by atoms with Crippen LogP contribution in [0.2, 0.25) is 0 Å². The molecule has 3 rings (SSSR count). The second-order valence-electron chi connectivity index (χ2n) is 6.40. The maximum Gasteiger partial charge on any atom is 0.358 e. The Balaban J connectivity index is 1.57. The van der Waals surface area contributed by atoms with E-state index in [9.17, 15) is 9.59 Å². The Bertz CT molecular complexity index is 795. The number of aromatic nitrogens is 1. The van der Waals surface area contributed by atoms with Crippen LogP contribution in [0.4, 0.5) is 0 Å². The van der Waals surface area contributed by atoms with E-state index >= 15 is 0 Å². The Morgan fingerprint density at radius 1 is 1.22 bits per heavy atom. The van der Waals surface area contributed by atoms with Gasteiger partial charge in [-0.2, -0.15) is 0 Å². The van der Waals surface area contributed by atoms with Crippen molar-refractivity contribution in [3.05, 3.63) is 35.3 Å². The van der Waals surface area contributed by atoms with Gasteiger partial charge in [0, 0.05) is 24.0 Å². The lowest BCUT2D eigenvalue weighted by molar-refractivity contribution is -0.146. The average molecular weight is 390 g/mol. The monoisotopic (exact) mass is 390 g/mol. The van der Waals surface area contributed by atoms with Crippen LogP contribution in [0.5, 0.6) is 5.75 Å². The SMILES string of the molecule is COc1ccc(-c2nc(C(=O)OCC(=O)N3C[C@@H](C)O[C@@H](C)C3)cs2)cc1. The summed E-state index contributed by atoms with van der Waals surface area (Å²) >= 11 is 1.34. The van der Waals surface area contributed by atoms with Crippen molar-refractivity contribution in [2.45, 2.75) is 26.1 Å². The van der Waals surface area contributed by atoms with Crippen molar-refractivity contribution in [2.24, 2.45) is 0 Å². The summed E-state index contributed by atoms with van der Waals surface area (Å²) in [5.41, 5.74) is 1.08. The van der Waals surface area contributed by atoms with Crippen LogP contribution in [0.15, 0.2) is 29.6 Å². The van der Waals surface area contributed by atoms with Gasteiger partial charge in [0.25, 0.3) is 5.91 Å². The van der Waals surface area contributed by atoms with Crippen LogP contribution in [0, 0.1) is 0 Å². The molecule has 0 radical (unpaired) electrons. The summed E-state index contributed by atoms with van der Waals surface area (Å²) in [6, 6.07) is 7.41. The number of esters is 1. The first-order chi connectivity index (χ1) is 13.0. The second-order valence-corrected chi connectivity index (χ2v) is 7.26. The van der Waals surface area contributed by atoms with Crippen molar-refractivity contribution in [1.82, 2.24) is 9.88 Å². The molecule has 1 aliphatic rings. The Morgan fingerprint density at radius 2 is 1.89 bits per heavy atom. The van der Waals surface area contributed by atoms with Crippen molar-refractivity contribution >= 4 is 23.2 Å². The van der Waals surface area contributed by atoms with Crippen LogP contribution in [-0.2, 0) is 14.3 Å². The van der Waals surface area contributed by atoms with Gasteiger partial charge in [-0.1, -0.05) is 0 Å². The summed E-state index contributed by atoms with van der Waals surface area (Å²) in [6.07, 6.45) is -0.0574. The quantitative estimate of drug-likeness (QED) is 0.731. The Kier molecular flexibility index (Phi) is 6.08. The molecule has 1 aromatic heterocycles. The molecule has 1 aromatic carbocycles. The minimum Gasteiger partial charge on any atom is -0.497 e. The smallest absolute Gasteiger partial charge is 0.358 e. The fourth-order valence-electron chi connectivity index (χ4n) is 2.91. The molecule has 144 valence electrons. The number of amides is 1. The van der Waals surface area contributed by atoms with Crippen LogP contribution in [0.3, 0.4) is 0 Å². The van der Waals surface area contributed by atoms with Crippen LogP contribution in [0.25, 0.3) is 10.6 Å². The molecule has 7 nitrogen and oxygen atoms in total. The van der Waals surface area contributed by atoms with Gasteiger partial charge in [0.1, 0.15) is 10.8 Å². The number of thiazole rings is 1. The molecular formula is C19H22N2O5S. The maximum absolute atomic E-state index is 12.3. The Morgan fingerprint density at radius 3 is 2.52 bits per heavy atom. The number of rotatable bonds is 5. The maximum atomic E-state index is 12.3. The molecule has 1 aliphatic heterocycles. The molecule has 1 amide bonds. The fourth-order valence-corrected chi connectivity index (χ4v) is 3.70. The van der Waals surface area contributed by atoms with Gasteiger partial charge < -0.3 is 19.1 Å². The largest absolute Gasteiger partial charge is 0.497 e. The van der Waals surface area contributed by atoms with Crippen molar-refractivity contribution in [2.75, 3.05) is 26.8 Å². The molecule has 27 heavy (non-hydrogen) atoms. The summed E-state index contributed by atoms with van der Waals surface area (Å²) in [6.45, 7) is 4.53. The van der Waals surface area contributed by atoms with Gasteiger partial charge >= 0.3 is 5.97 Å². The lowest BCUT2D eigenvalue weighted by atomic mass is 10.2. The summed E-state index contributed by atoms with van der Waals surface area (Å²) in [5, 5.41) is 2.33. The van der Waals surface area contributed by atoms with Crippen molar-refractivity contribution in [1.29, 1.82) is 0 Å². The summed E-state index contributed by atoms with van der Waals surface area (Å²) in [7, 11) is 1.60. The van der Waals surface area contributed by atoms with Gasteiger partial charge in [0.2, 0.25) is 0 Å². The summed E-state index contributed by atoms with van der Waals surface area (Å²) in [5.74, 6) is -0.0788. The number of ether oxygens (including phenoxy) is 3. The van der Waals surface area contributed by atoms with Crippen molar-refractivity contribution < 1.29 is 23.8 Å². The fraction of sp³-hybridized carbons (Fsp3) is 0.421. The number of hydrogen-bond acceptors (Lipinski definition) is 7. The van der Waals surface area contributed by atoms with Crippen LogP contribution >= 0.6 is 11.3 Å². The predicted octanol–water partition coefficient (Wildman–Crippen LogP) is 2.61. The van der Waals surface area contributed by atoms with Gasteiger partial charge in [-0.25, -0.2) is 9.78 Å². The first kappa shape index (κ1) is 19.3. The topological polar surface area (TPSA) is 78.0 Å². The number of hydrogen-bond donors (Lipinski definition) is 0. The third-order valence-corrected chi connectivity index (χ3v) is 5.04. The second kappa shape index (κ2) is 8.49. The van der Waals surface area contributed by atoms with Gasteiger partial charge in [0.15, 0.2) is 12.3 Å². The third-order valence-electron chi connectivity index (χ3n) is 4.15. The molecule has 0 saturated carbocycles. The zero-order chi connectivity index (χ0) is 19.4. The highest BCUT2D eigenvalue weighted by Crippen LogP contribution is 2.26. The molecule has 0 N–H and O–H groups in total. The summed E-state index contributed by atoms with van der Waals surface area (Å²) < 4.78 is 15.9. The lowest BCUT2D eigenvalue weighted by Crippen LogP contribution is -2.49. The van der Waals surface area contributed by atoms with Gasteiger partial charge in [-0.05, 0) is 38.1 Å². The summed E-state index contributed by atoms with van der Waals surface area (Å²) in [4.78, 5) is 30.5. The van der Waals surface area contributed by atoms with E-state index in [1.807, 2.05) is 38.1 Å². The highest BCUT2D eigenvalue weighted by atomic mass is 32.1. The molecule has 1 saturated heterocycles. The Hall–Kier alpha value is -2.45. The zero-order valence-electron chi connectivity index (χ0n) is 15.5. The zero-order valence-corrected chi connectivity index (χ0v) is 16.3. The number of methoxy groups -OCH3 is 1. The molecule has 0 aliphatic carbocycles. The molecule has 0 unspecified atom stereocenters. The highest BCUT2D eigenvalue weighted by Gasteiger charge is 2.26. The molecule has 2 atom stereocenters. The number of benzene rings is 1. The van der Waals surface area contributed by atoms with E-state index in [-0.39, 0.29) is 30.4 Å². The Labute approximate surface area is 161 Å². The van der Waals surface area contributed by atoms with E-state index in [1.165, 1.54) is 11.3 Å². The molecule has 0 spiro atoms. The van der Waals surface area contributed by atoms with E-state index in [1.54, 1.807) is 17.4 Å². The third kappa shape index (κ3) is 4.84. The van der Waals surface area contributed by atoms with E-state index in [2.05, 4.69) is 4.98 Å². The van der Waals surface area contributed by atoms with E-state index in [0.29, 0.717) is 18.1 Å². The molecule has 1 fully saturated rings. The number of carbonyl (C=O) groups is 2. The van der Waals surface area contributed by atoms with E-state index in [0.717, 1.165) is 11.3 Å². The molecule has 8 heteroatoms. The molecule has 0 bridgehead atoms. The van der Waals surface area contributed by atoms with Crippen LogP contribution in [-0.4, -0.2) is 60.8 Å². The van der Waals surface area contributed by atoms with E-state index < -0.39 is 5.97 Å². The standard InChI is InChI=1S/C19H22N2O5S/c1-12-8-21(9-13(2)26-12)17(22)10-25-19(23)16-11-27-18(20-16)14-4-6-15(24-3)7-5-14/h4-7,11-13H,8-10H2,1-3H3/t12-,13+. The van der Waals surface area contributed by atoms with E-state index in [4.69, 9.17) is 14.2 Å². The first-order valence-corrected chi connectivity index (χ1v) is 9.54. The van der Waals surface area contributed by atoms with Crippen LogP contribution in [0.1, 0.15) is 24.3 Å². The minimum atomic E-state index is -0.603. The predicted molar refractivity (Wildman–Crippen MR) is 101 cm³/mol. The number of morpholine rings is 1. The average Bonchev–Trinajstić information content (AvgIpc) is 3.15. The van der Waals surface area contributed by atoms with Gasteiger partial charge in [0.05, 0.1) is 19.3 Å². The molecule has 2 aromatic rings. The van der Waals surface area contributed by atoms with Crippen molar-refractivity contribution in [3.63, 3.8) is 0 Å². The normalized spacial score (nSPS) is 19.6. The van der Waals surface area contributed by atoms with Gasteiger partial charge in [-0.3, -0.25) is 4.79 Å². The number of nitrogens with zero attached hydrogens (tertiary/aromatic N) is 2. The molecule has 2 heterocycles. The lowest BCUT2D eigenvalue weighted by Gasteiger charge is -2.35. The highest BCUT2D eigenvalue weighted by molar-refractivity contribution is 7.13. The van der Waals surface area contributed by atoms with Gasteiger partial charge in [-0.15, -0.1) is 11.3 Å².